The van der Waals surface area contributed by atoms with E-state index in [1.807, 2.05) is 24.3 Å². The fourth-order valence-corrected chi connectivity index (χ4v) is 2.48. The Morgan fingerprint density at radius 3 is 2.92 bits per heavy atom. The molecule has 10 nitrogen and oxygen atoms in total. The Hall–Kier alpha value is -3.95. The summed E-state index contributed by atoms with van der Waals surface area (Å²) >= 11 is 0. The van der Waals surface area contributed by atoms with E-state index in [1.165, 1.54) is 12.5 Å². The highest BCUT2D eigenvalue weighted by Gasteiger charge is 2.20. The number of nitrogen functional groups attached to an aromatic ring is 1. The minimum atomic E-state index is -0.354. The molecule has 0 unspecified atom stereocenters. The number of nitrogens with two attached hydrogens (primary N) is 1. The molecule has 0 bridgehead atoms. The van der Waals surface area contributed by atoms with Gasteiger partial charge in [0.1, 0.15) is 12.3 Å². The van der Waals surface area contributed by atoms with Gasteiger partial charge in [0.05, 0.1) is 23.5 Å². The molecule has 130 valence electrons. The van der Waals surface area contributed by atoms with Gasteiger partial charge in [-0.25, -0.2) is 15.0 Å². The van der Waals surface area contributed by atoms with E-state index in [1.54, 1.807) is 16.7 Å². The summed E-state index contributed by atoms with van der Waals surface area (Å²) in [5.41, 5.74) is 9.92. The smallest absolute Gasteiger partial charge is 0.260 e. The van der Waals surface area contributed by atoms with E-state index in [2.05, 4.69) is 30.5 Å². The number of nitrogens with one attached hydrogen (secondary N) is 1. The van der Waals surface area contributed by atoms with Crippen LogP contribution in [0.4, 0.5) is 5.82 Å². The summed E-state index contributed by atoms with van der Waals surface area (Å²) in [5.74, 6) is 0.653. The van der Waals surface area contributed by atoms with Gasteiger partial charge in [-0.1, -0.05) is 12.1 Å². The minimum Gasteiger partial charge on any atom is -0.463 e. The number of carbonyl (C=O) groups excluding carboxylic acids is 1. The minimum absolute atomic E-state index is 0.0440. The zero-order chi connectivity index (χ0) is 17.9. The second kappa shape index (κ2) is 6.51. The van der Waals surface area contributed by atoms with E-state index in [0.717, 1.165) is 5.52 Å². The molecule has 0 radical (unpaired) electrons. The molecule has 0 aliphatic carbocycles. The van der Waals surface area contributed by atoms with Gasteiger partial charge in [0, 0.05) is 0 Å². The number of benzene rings is 1. The first-order chi connectivity index (χ1) is 12.7. The van der Waals surface area contributed by atoms with Gasteiger partial charge in [0.15, 0.2) is 17.3 Å². The van der Waals surface area contributed by atoms with Crippen molar-refractivity contribution in [3.8, 4) is 11.5 Å². The number of amides is 1. The lowest BCUT2D eigenvalue weighted by atomic mass is 10.3. The normalized spacial score (nSPS) is 11.4. The Morgan fingerprint density at radius 1 is 1.27 bits per heavy atom. The Balaban J connectivity index is 1.62. The third-order valence-electron chi connectivity index (χ3n) is 3.61. The van der Waals surface area contributed by atoms with E-state index in [4.69, 9.17) is 10.2 Å². The van der Waals surface area contributed by atoms with Crippen molar-refractivity contribution in [2.45, 2.75) is 6.54 Å². The molecule has 1 amide bonds. The number of para-hydroxylation sites is 2. The Morgan fingerprint density at radius 2 is 2.15 bits per heavy atom. The quantitative estimate of drug-likeness (QED) is 0.409. The van der Waals surface area contributed by atoms with Gasteiger partial charge in [-0.3, -0.25) is 4.79 Å². The van der Waals surface area contributed by atoms with E-state index in [-0.39, 0.29) is 24.0 Å². The van der Waals surface area contributed by atoms with Crippen LogP contribution in [0.15, 0.2) is 56.8 Å². The maximum absolute atomic E-state index is 12.3. The van der Waals surface area contributed by atoms with E-state index in [9.17, 15) is 4.79 Å². The van der Waals surface area contributed by atoms with Gasteiger partial charge in [0.2, 0.25) is 0 Å². The number of nitrogens with zero attached hydrogens (tertiary/aromatic N) is 5. The van der Waals surface area contributed by atoms with Crippen LogP contribution >= 0.6 is 0 Å². The molecule has 26 heavy (non-hydrogen) atoms. The summed E-state index contributed by atoms with van der Waals surface area (Å²) in [5, 5.41) is 11.2. The number of hydrogen-bond donors (Lipinski definition) is 2. The molecule has 3 aromatic heterocycles. The highest BCUT2D eigenvalue weighted by atomic mass is 16.6. The van der Waals surface area contributed by atoms with Crippen molar-refractivity contribution in [3.05, 3.63) is 48.4 Å². The van der Waals surface area contributed by atoms with Crippen LogP contribution in [0.2, 0.25) is 0 Å². The fourth-order valence-electron chi connectivity index (χ4n) is 2.48. The van der Waals surface area contributed by atoms with Crippen LogP contribution in [-0.4, -0.2) is 32.0 Å². The summed E-state index contributed by atoms with van der Waals surface area (Å²) in [7, 11) is 0. The number of carbonyl (C=O) groups is 1. The largest absolute Gasteiger partial charge is 0.463 e. The van der Waals surface area contributed by atoms with E-state index >= 15 is 0 Å². The number of aromatic nitrogens is 4. The predicted octanol–water partition coefficient (Wildman–Crippen LogP) is 1.41. The molecule has 0 spiro atoms. The molecule has 0 fully saturated rings. The number of imidazole rings is 1. The van der Waals surface area contributed by atoms with Crippen molar-refractivity contribution in [3.63, 3.8) is 0 Å². The van der Waals surface area contributed by atoms with Crippen LogP contribution in [0.25, 0.3) is 22.6 Å². The van der Waals surface area contributed by atoms with Crippen LogP contribution in [0.5, 0.6) is 0 Å². The van der Waals surface area contributed by atoms with Gasteiger partial charge in [-0.15, -0.1) is 0 Å². The topological polar surface area (TPSA) is 137 Å². The predicted molar refractivity (Wildman–Crippen MR) is 91.9 cm³/mol. The highest BCUT2D eigenvalue weighted by Crippen LogP contribution is 2.26. The second-order valence-corrected chi connectivity index (χ2v) is 5.32. The van der Waals surface area contributed by atoms with Gasteiger partial charge in [-0.05, 0) is 34.6 Å². The summed E-state index contributed by atoms with van der Waals surface area (Å²) in [6, 6.07) is 10.8. The van der Waals surface area contributed by atoms with Crippen molar-refractivity contribution in [1.29, 1.82) is 0 Å². The average Bonchev–Trinajstić information content (AvgIpc) is 3.36. The lowest BCUT2D eigenvalue weighted by Crippen LogP contribution is -2.23. The van der Waals surface area contributed by atoms with Gasteiger partial charge < -0.3 is 14.7 Å². The molecular formula is C16H13N7O3. The number of anilines is 1. The third kappa shape index (κ3) is 2.90. The highest BCUT2D eigenvalue weighted by molar-refractivity contribution is 5.85. The van der Waals surface area contributed by atoms with Gasteiger partial charge in [0.25, 0.3) is 5.91 Å². The standard InChI is InChI=1S/C16H13N7O3/c17-15-14(21-26-22-15)16-19-11-5-1-2-6-12(11)23(16)9-13(24)20-18-8-10-4-3-7-25-10/h1-8H,9H2,(H2,17,22)(H,20,24). The molecular weight excluding hydrogens is 338 g/mol. The first-order valence-corrected chi connectivity index (χ1v) is 7.61. The van der Waals surface area contributed by atoms with Gasteiger partial charge in [-0.2, -0.15) is 5.10 Å². The first-order valence-electron chi connectivity index (χ1n) is 7.61. The summed E-state index contributed by atoms with van der Waals surface area (Å²) < 4.78 is 11.4. The zero-order valence-corrected chi connectivity index (χ0v) is 13.4. The molecule has 1 aromatic carbocycles. The Kier molecular flexibility index (Phi) is 3.90. The molecule has 10 heteroatoms. The van der Waals surface area contributed by atoms with Crippen molar-refractivity contribution in [1.82, 2.24) is 25.3 Å². The summed E-state index contributed by atoms with van der Waals surface area (Å²) in [4.78, 5) is 16.8. The second-order valence-electron chi connectivity index (χ2n) is 5.32. The van der Waals surface area contributed by atoms with Crippen molar-refractivity contribution in [2.24, 2.45) is 5.10 Å². The number of hydrazone groups is 1. The molecule has 0 aliphatic rings. The number of hydrogen-bond acceptors (Lipinski definition) is 8. The van der Waals surface area contributed by atoms with Crippen LogP contribution in [0.1, 0.15) is 5.76 Å². The molecule has 3 heterocycles. The van der Waals surface area contributed by atoms with E-state index in [0.29, 0.717) is 17.1 Å². The van der Waals surface area contributed by atoms with Crippen molar-refractivity contribution >= 4 is 29.0 Å². The fraction of sp³-hybridized carbons (Fsp3) is 0.0625. The molecule has 4 aromatic rings. The van der Waals surface area contributed by atoms with Crippen LogP contribution in [0, 0.1) is 0 Å². The van der Waals surface area contributed by atoms with Gasteiger partial charge >= 0.3 is 0 Å². The molecule has 0 aliphatic heterocycles. The van der Waals surface area contributed by atoms with Crippen LogP contribution in [0.3, 0.4) is 0 Å². The number of furan rings is 1. The van der Waals surface area contributed by atoms with E-state index < -0.39 is 0 Å². The molecule has 4 rings (SSSR count). The SMILES string of the molecule is Nc1nonc1-c1nc2ccccc2n1CC(=O)NN=Cc1ccco1. The first kappa shape index (κ1) is 15.6. The maximum Gasteiger partial charge on any atom is 0.260 e. The lowest BCUT2D eigenvalue weighted by Gasteiger charge is -2.06. The molecule has 0 atom stereocenters. The summed E-state index contributed by atoms with van der Waals surface area (Å²) in [6.07, 6.45) is 2.92. The molecule has 0 saturated carbocycles. The van der Waals surface area contributed by atoms with Crippen molar-refractivity contribution < 1.29 is 13.8 Å². The third-order valence-corrected chi connectivity index (χ3v) is 3.61. The Bertz CT molecular complexity index is 1080. The molecule has 0 saturated heterocycles. The lowest BCUT2D eigenvalue weighted by molar-refractivity contribution is -0.121. The Labute approximate surface area is 146 Å². The maximum atomic E-state index is 12.3. The molecule has 3 N–H and O–H groups in total. The van der Waals surface area contributed by atoms with Crippen molar-refractivity contribution in [2.75, 3.05) is 5.73 Å². The zero-order valence-electron chi connectivity index (χ0n) is 13.4. The number of fused-ring (bicyclic) bond motifs is 1. The van der Waals surface area contributed by atoms with Crippen LogP contribution < -0.4 is 11.2 Å². The monoisotopic (exact) mass is 351 g/mol. The van der Waals surface area contributed by atoms with Crippen LogP contribution in [-0.2, 0) is 11.3 Å². The summed E-state index contributed by atoms with van der Waals surface area (Å²) in [6.45, 7) is -0.0440. The average molecular weight is 351 g/mol. The number of rotatable bonds is 5.